The van der Waals surface area contributed by atoms with Gasteiger partial charge < -0.3 is 20.6 Å². The number of hydrogen-bond acceptors (Lipinski definition) is 7. The normalized spacial score (nSPS) is 14.1. The number of nitrogens with zero attached hydrogens (tertiary/aromatic N) is 3. The van der Waals surface area contributed by atoms with Crippen LogP contribution in [-0.2, 0) is 16.9 Å². The second-order valence-corrected chi connectivity index (χ2v) is 10.2. The molecule has 1 atom stereocenters. The molecule has 0 spiro atoms. The lowest BCUT2D eigenvalue weighted by Crippen LogP contribution is -2.41. The number of carboxylic acids is 1. The van der Waals surface area contributed by atoms with Gasteiger partial charge in [-0.1, -0.05) is 36.0 Å². The van der Waals surface area contributed by atoms with Gasteiger partial charge in [-0.3, -0.25) is 5.01 Å². The number of carbonyl (C=O) groups is 1. The first-order chi connectivity index (χ1) is 16.1. The van der Waals surface area contributed by atoms with Crippen molar-refractivity contribution in [2.75, 3.05) is 43.0 Å². The molecule has 0 aromatic heterocycles. The van der Waals surface area contributed by atoms with Crippen molar-refractivity contribution in [1.29, 1.82) is 0 Å². The number of nitrogens with two attached hydrogens (primary N) is 1. The van der Waals surface area contributed by atoms with Crippen LogP contribution in [0.25, 0.3) is 0 Å². The van der Waals surface area contributed by atoms with Gasteiger partial charge in [0.05, 0.1) is 11.4 Å². The van der Waals surface area contributed by atoms with E-state index in [2.05, 4.69) is 56.6 Å². The molecule has 8 heteroatoms. The molecule has 0 saturated heterocycles. The molecule has 7 nitrogen and oxygen atoms in total. The summed E-state index contributed by atoms with van der Waals surface area (Å²) in [6, 6.07) is 20.3. The second kappa shape index (κ2) is 9.21. The van der Waals surface area contributed by atoms with Crippen molar-refractivity contribution in [2.24, 2.45) is 5.73 Å². The lowest BCUT2D eigenvalue weighted by molar-refractivity contribution is -0.143. The smallest absolute Gasteiger partial charge is 0.328 e. The van der Waals surface area contributed by atoms with Gasteiger partial charge in [0.1, 0.15) is 5.54 Å². The minimum atomic E-state index is -1.44. The lowest BCUT2D eigenvalue weighted by Gasteiger charge is -2.34. The average Bonchev–Trinajstić information content (AvgIpc) is 2.80. The molecule has 1 aliphatic heterocycles. The Balaban J connectivity index is 1.69. The molecule has 178 valence electrons. The van der Waals surface area contributed by atoms with Gasteiger partial charge in [-0.25, -0.2) is 10.2 Å². The summed E-state index contributed by atoms with van der Waals surface area (Å²) in [5.74, 6) is -1.05. The van der Waals surface area contributed by atoms with Crippen LogP contribution in [0.2, 0.25) is 0 Å². The highest BCUT2D eigenvalue weighted by molar-refractivity contribution is 7.99. The zero-order valence-corrected chi connectivity index (χ0v) is 21.0. The highest BCUT2D eigenvalue weighted by Crippen LogP contribution is 2.49. The molecule has 1 aliphatic rings. The van der Waals surface area contributed by atoms with Crippen LogP contribution < -0.4 is 26.0 Å². The summed E-state index contributed by atoms with van der Waals surface area (Å²) in [4.78, 5) is 18.1. The number of anilines is 4. The Bertz CT molecular complexity index is 1170. The van der Waals surface area contributed by atoms with E-state index in [4.69, 9.17) is 5.73 Å². The molecule has 0 bridgehead atoms. The summed E-state index contributed by atoms with van der Waals surface area (Å²) in [7, 11) is 8.16. The van der Waals surface area contributed by atoms with Gasteiger partial charge in [0.2, 0.25) is 0 Å². The fraction of sp³-hybridized carbons (Fsp3) is 0.269. The van der Waals surface area contributed by atoms with E-state index in [0.717, 1.165) is 38.1 Å². The first-order valence-electron chi connectivity index (χ1n) is 11.0. The molecule has 3 aromatic rings. The maximum atomic E-state index is 11.6. The molecule has 3 aromatic carbocycles. The molecule has 0 amide bonds. The van der Waals surface area contributed by atoms with Crippen LogP contribution in [0.1, 0.15) is 18.1 Å². The van der Waals surface area contributed by atoms with Crippen molar-refractivity contribution in [3.05, 3.63) is 71.8 Å². The van der Waals surface area contributed by atoms with E-state index in [0.29, 0.717) is 12.1 Å². The minimum Gasteiger partial charge on any atom is -0.480 e. The standard InChI is InChI=1S/C26H31N5O2S/c1-26(27,25(32)33)18-8-6-7-17(13-18)16-28-31-21-11-9-19(29(2)3)14-23(21)34-24-15-20(30(4)5)10-12-22(24)31/h6-15,28H,16,27H2,1-5H3,(H,32,33). The number of benzene rings is 3. The number of fused-ring (bicyclic) bond motifs is 2. The summed E-state index contributed by atoms with van der Waals surface area (Å²) in [5, 5.41) is 11.6. The predicted molar refractivity (Wildman–Crippen MR) is 140 cm³/mol. The summed E-state index contributed by atoms with van der Waals surface area (Å²) < 4.78 is 0. The zero-order valence-electron chi connectivity index (χ0n) is 20.2. The Morgan fingerprint density at radius 1 is 0.971 bits per heavy atom. The topological polar surface area (TPSA) is 85.1 Å². The van der Waals surface area contributed by atoms with Gasteiger partial charge in [0.15, 0.2) is 0 Å². The molecule has 4 rings (SSSR count). The van der Waals surface area contributed by atoms with Crippen molar-refractivity contribution in [3.8, 4) is 0 Å². The van der Waals surface area contributed by atoms with Crippen molar-refractivity contribution < 1.29 is 9.90 Å². The van der Waals surface area contributed by atoms with E-state index in [-0.39, 0.29) is 0 Å². The number of hydrazine groups is 1. The van der Waals surface area contributed by atoms with E-state index < -0.39 is 11.5 Å². The van der Waals surface area contributed by atoms with Gasteiger partial charge in [0.25, 0.3) is 0 Å². The summed E-state index contributed by atoms with van der Waals surface area (Å²) in [6.45, 7) is 2.03. The van der Waals surface area contributed by atoms with E-state index in [9.17, 15) is 9.90 Å². The number of hydrogen-bond donors (Lipinski definition) is 3. The van der Waals surface area contributed by atoms with E-state index in [1.54, 1.807) is 17.8 Å². The van der Waals surface area contributed by atoms with Crippen LogP contribution in [0.3, 0.4) is 0 Å². The summed E-state index contributed by atoms with van der Waals surface area (Å²) >= 11 is 1.76. The molecule has 1 heterocycles. The molecule has 0 saturated carbocycles. The fourth-order valence-electron chi connectivity index (χ4n) is 3.81. The number of aliphatic carboxylic acids is 1. The van der Waals surface area contributed by atoms with Gasteiger partial charge in [-0.05, 0) is 54.4 Å². The molecular weight excluding hydrogens is 446 g/mol. The molecule has 1 unspecified atom stereocenters. The Kier molecular flexibility index (Phi) is 6.49. The second-order valence-electron chi connectivity index (χ2n) is 9.07. The predicted octanol–water partition coefficient (Wildman–Crippen LogP) is 4.38. The quantitative estimate of drug-likeness (QED) is 0.462. The Hall–Kier alpha value is -3.20. The van der Waals surface area contributed by atoms with Crippen molar-refractivity contribution in [3.63, 3.8) is 0 Å². The molecule has 0 fully saturated rings. The van der Waals surface area contributed by atoms with Crippen molar-refractivity contribution in [2.45, 2.75) is 28.8 Å². The lowest BCUT2D eigenvalue weighted by atomic mass is 9.92. The first kappa shape index (κ1) is 23.9. The van der Waals surface area contributed by atoms with E-state index in [1.165, 1.54) is 6.92 Å². The van der Waals surface area contributed by atoms with Gasteiger partial charge in [-0.2, -0.15) is 0 Å². The third-order valence-corrected chi connectivity index (χ3v) is 7.13. The van der Waals surface area contributed by atoms with Gasteiger partial charge in [0, 0.05) is 55.9 Å². The molecular formula is C26H31N5O2S. The number of rotatable bonds is 7. The minimum absolute atomic E-state index is 0.512. The van der Waals surface area contributed by atoms with Gasteiger partial charge >= 0.3 is 5.97 Å². The van der Waals surface area contributed by atoms with Crippen molar-refractivity contribution >= 4 is 40.5 Å². The molecule has 34 heavy (non-hydrogen) atoms. The van der Waals surface area contributed by atoms with Crippen LogP contribution in [-0.4, -0.2) is 39.3 Å². The summed E-state index contributed by atoms with van der Waals surface area (Å²) in [5.41, 5.74) is 14.1. The SMILES string of the molecule is CN(C)c1ccc2c(c1)Sc1cc(N(C)C)ccc1N2NCc1cccc(C(C)(N)C(=O)O)c1. The average molecular weight is 478 g/mol. The van der Waals surface area contributed by atoms with Crippen LogP contribution in [0.4, 0.5) is 22.7 Å². The summed E-state index contributed by atoms with van der Waals surface area (Å²) in [6.07, 6.45) is 0. The first-order valence-corrected chi connectivity index (χ1v) is 11.9. The van der Waals surface area contributed by atoms with E-state index >= 15 is 0 Å². The Morgan fingerprint density at radius 3 is 2.03 bits per heavy atom. The Labute approximate surface area is 205 Å². The fourth-order valence-corrected chi connectivity index (χ4v) is 4.94. The molecule has 4 N–H and O–H groups in total. The van der Waals surface area contributed by atoms with Crippen LogP contribution in [0, 0.1) is 0 Å². The zero-order chi connectivity index (χ0) is 24.6. The van der Waals surface area contributed by atoms with E-state index in [1.807, 2.05) is 46.4 Å². The number of carboxylic acid groups (broad SMARTS) is 1. The van der Waals surface area contributed by atoms with Gasteiger partial charge in [-0.15, -0.1) is 0 Å². The monoisotopic (exact) mass is 477 g/mol. The Morgan fingerprint density at radius 2 is 1.53 bits per heavy atom. The number of nitrogens with one attached hydrogen (secondary N) is 1. The third-order valence-electron chi connectivity index (χ3n) is 6.03. The maximum absolute atomic E-state index is 11.6. The van der Waals surface area contributed by atoms with Crippen molar-refractivity contribution in [1.82, 2.24) is 5.43 Å². The molecule has 0 aliphatic carbocycles. The molecule has 0 radical (unpaired) electrons. The third kappa shape index (κ3) is 4.57. The highest BCUT2D eigenvalue weighted by atomic mass is 32.2. The maximum Gasteiger partial charge on any atom is 0.328 e. The van der Waals surface area contributed by atoms with Crippen LogP contribution in [0.5, 0.6) is 0 Å². The largest absolute Gasteiger partial charge is 0.480 e. The highest BCUT2D eigenvalue weighted by Gasteiger charge is 2.30. The van der Waals surface area contributed by atoms with Crippen LogP contribution >= 0.6 is 11.8 Å². The van der Waals surface area contributed by atoms with Crippen LogP contribution in [0.15, 0.2) is 70.5 Å².